The number of hydrogen-bond donors (Lipinski definition) is 1. The molecule has 0 radical (unpaired) electrons. The average Bonchev–Trinajstić information content (AvgIpc) is 3.29. The first-order valence-corrected chi connectivity index (χ1v) is 10.1. The van der Waals surface area contributed by atoms with Crippen LogP contribution < -0.4 is 5.32 Å². The molecule has 0 spiro atoms. The molecule has 3 rings (SSSR count). The van der Waals surface area contributed by atoms with E-state index in [0.717, 1.165) is 23.8 Å². The number of hydrogen-bond acceptors (Lipinski definition) is 5. The largest absolute Gasteiger partial charge is 0.383 e. The molecule has 140 valence electrons. The van der Waals surface area contributed by atoms with Crippen LogP contribution in [-0.4, -0.2) is 46.2 Å². The smallest absolute Gasteiger partial charge is 0.230 e. The topological polar surface area (TPSA) is 69.0 Å². The predicted molar refractivity (Wildman–Crippen MR) is 102 cm³/mol. The van der Waals surface area contributed by atoms with Crippen LogP contribution in [-0.2, 0) is 22.5 Å². The van der Waals surface area contributed by atoms with Crippen LogP contribution in [0.5, 0.6) is 0 Å². The predicted octanol–water partition coefficient (Wildman–Crippen LogP) is 2.67. The van der Waals surface area contributed by atoms with Crippen molar-refractivity contribution in [3.63, 3.8) is 0 Å². The fourth-order valence-electron chi connectivity index (χ4n) is 3.21. The van der Waals surface area contributed by atoms with Crippen molar-refractivity contribution in [3.05, 3.63) is 41.7 Å². The SMILES string of the molecule is COCCn1c(Cc2ccccc2)nnc1SCC(=O)NC1CCCC1. The van der Waals surface area contributed by atoms with Gasteiger partial charge in [-0.1, -0.05) is 54.9 Å². The third-order valence-corrected chi connectivity index (χ3v) is 5.54. The van der Waals surface area contributed by atoms with E-state index in [4.69, 9.17) is 4.74 Å². The highest BCUT2D eigenvalue weighted by atomic mass is 32.2. The van der Waals surface area contributed by atoms with Crippen LogP contribution in [0.3, 0.4) is 0 Å². The number of amides is 1. The summed E-state index contributed by atoms with van der Waals surface area (Å²) in [6, 6.07) is 10.6. The summed E-state index contributed by atoms with van der Waals surface area (Å²) in [4.78, 5) is 12.2. The number of aromatic nitrogens is 3. The van der Waals surface area contributed by atoms with Gasteiger partial charge in [-0.15, -0.1) is 10.2 Å². The van der Waals surface area contributed by atoms with Crippen LogP contribution in [0.15, 0.2) is 35.5 Å². The Morgan fingerprint density at radius 1 is 1.27 bits per heavy atom. The van der Waals surface area contributed by atoms with Crippen molar-refractivity contribution in [2.24, 2.45) is 0 Å². The molecular weight excluding hydrogens is 348 g/mol. The van der Waals surface area contributed by atoms with Gasteiger partial charge < -0.3 is 14.6 Å². The zero-order chi connectivity index (χ0) is 18.2. The van der Waals surface area contributed by atoms with Crippen molar-refractivity contribution in [2.45, 2.75) is 49.8 Å². The summed E-state index contributed by atoms with van der Waals surface area (Å²) in [5.41, 5.74) is 1.19. The Morgan fingerprint density at radius 3 is 2.77 bits per heavy atom. The molecule has 6 nitrogen and oxygen atoms in total. The number of nitrogens with one attached hydrogen (secondary N) is 1. The monoisotopic (exact) mass is 374 g/mol. The number of methoxy groups -OCH3 is 1. The minimum Gasteiger partial charge on any atom is -0.383 e. The molecule has 1 fully saturated rings. The van der Waals surface area contributed by atoms with Crippen LogP contribution in [0.1, 0.15) is 37.1 Å². The van der Waals surface area contributed by atoms with E-state index < -0.39 is 0 Å². The summed E-state index contributed by atoms with van der Waals surface area (Å²) in [5.74, 6) is 1.34. The van der Waals surface area contributed by atoms with Gasteiger partial charge in [-0.25, -0.2) is 0 Å². The summed E-state index contributed by atoms with van der Waals surface area (Å²) in [6.45, 7) is 1.26. The maximum absolute atomic E-state index is 12.2. The van der Waals surface area contributed by atoms with Gasteiger partial charge in [0.2, 0.25) is 5.91 Å². The standard InChI is InChI=1S/C19H26N4O2S/c1-25-12-11-23-17(13-15-7-3-2-4-8-15)21-22-19(23)26-14-18(24)20-16-9-5-6-10-16/h2-4,7-8,16H,5-6,9-14H2,1H3,(H,20,24). The fourth-order valence-corrected chi connectivity index (χ4v) is 4.01. The zero-order valence-electron chi connectivity index (χ0n) is 15.2. The minimum absolute atomic E-state index is 0.0767. The van der Waals surface area contributed by atoms with Gasteiger partial charge in [0, 0.05) is 26.1 Å². The van der Waals surface area contributed by atoms with Crippen molar-refractivity contribution in [2.75, 3.05) is 19.5 Å². The van der Waals surface area contributed by atoms with Gasteiger partial charge in [-0.2, -0.15) is 0 Å². The number of ether oxygens (including phenoxy) is 1. The first-order chi connectivity index (χ1) is 12.8. The molecule has 0 bridgehead atoms. The number of thioether (sulfide) groups is 1. The Morgan fingerprint density at radius 2 is 2.04 bits per heavy atom. The maximum Gasteiger partial charge on any atom is 0.230 e. The number of nitrogens with zero attached hydrogens (tertiary/aromatic N) is 3. The molecule has 1 aromatic heterocycles. The van der Waals surface area contributed by atoms with Gasteiger partial charge >= 0.3 is 0 Å². The van der Waals surface area contributed by atoms with Crippen LogP contribution in [0.4, 0.5) is 0 Å². The molecule has 1 heterocycles. The number of carbonyl (C=O) groups excluding carboxylic acids is 1. The minimum atomic E-state index is 0.0767. The molecule has 0 aliphatic heterocycles. The van der Waals surface area contributed by atoms with Crippen molar-refractivity contribution in [3.8, 4) is 0 Å². The van der Waals surface area contributed by atoms with E-state index in [2.05, 4.69) is 32.2 Å². The van der Waals surface area contributed by atoms with Gasteiger partial charge in [0.15, 0.2) is 5.16 Å². The average molecular weight is 375 g/mol. The molecule has 1 aliphatic carbocycles. The lowest BCUT2D eigenvalue weighted by molar-refractivity contribution is -0.119. The third kappa shape index (κ3) is 5.32. The van der Waals surface area contributed by atoms with Crippen LogP contribution in [0.2, 0.25) is 0 Å². The Kier molecular flexibility index (Phi) is 7.08. The molecule has 26 heavy (non-hydrogen) atoms. The van der Waals surface area contributed by atoms with Crippen molar-refractivity contribution in [1.82, 2.24) is 20.1 Å². The molecule has 0 atom stereocenters. The van der Waals surface area contributed by atoms with Crippen molar-refractivity contribution < 1.29 is 9.53 Å². The van der Waals surface area contributed by atoms with E-state index >= 15 is 0 Å². The zero-order valence-corrected chi connectivity index (χ0v) is 16.0. The highest BCUT2D eigenvalue weighted by molar-refractivity contribution is 7.99. The summed E-state index contributed by atoms with van der Waals surface area (Å²) in [7, 11) is 1.68. The van der Waals surface area contributed by atoms with Crippen LogP contribution in [0.25, 0.3) is 0 Å². The molecule has 2 aromatic rings. The molecule has 1 amide bonds. The first kappa shape index (κ1) is 18.9. The molecule has 1 saturated carbocycles. The third-order valence-electron chi connectivity index (χ3n) is 4.57. The summed E-state index contributed by atoms with van der Waals surface area (Å²) in [6.07, 6.45) is 5.34. The van der Waals surface area contributed by atoms with E-state index in [0.29, 0.717) is 31.4 Å². The molecular formula is C19H26N4O2S. The van der Waals surface area contributed by atoms with E-state index in [-0.39, 0.29) is 5.91 Å². The molecule has 1 N–H and O–H groups in total. The molecule has 0 saturated heterocycles. The molecule has 0 unspecified atom stereocenters. The second kappa shape index (κ2) is 9.73. The second-order valence-corrected chi connectivity index (χ2v) is 7.49. The Bertz CT molecular complexity index is 699. The van der Waals surface area contributed by atoms with Crippen molar-refractivity contribution in [1.29, 1.82) is 0 Å². The normalized spacial score (nSPS) is 14.7. The Labute approximate surface area is 158 Å². The highest BCUT2D eigenvalue weighted by Crippen LogP contribution is 2.20. The van der Waals surface area contributed by atoms with E-state index in [1.807, 2.05) is 18.2 Å². The Hall–Kier alpha value is -1.86. The maximum atomic E-state index is 12.2. The number of benzene rings is 1. The van der Waals surface area contributed by atoms with Crippen molar-refractivity contribution >= 4 is 17.7 Å². The summed E-state index contributed by atoms with van der Waals surface area (Å²) < 4.78 is 7.28. The van der Waals surface area contributed by atoms with Crippen LogP contribution in [0, 0.1) is 0 Å². The van der Waals surface area contributed by atoms with Gasteiger partial charge in [-0.3, -0.25) is 4.79 Å². The van der Waals surface area contributed by atoms with E-state index in [9.17, 15) is 4.79 Å². The van der Waals surface area contributed by atoms with Crippen LogP contribution >= 0.6 is 11.8 Å². The fraction of sp³-hybridized carbons (Fsp3) is 0.526. The second-order valence-electron chi connectivity index (χ2n) is 6.54. The molecule has 1 aliphatic rings. The number of carbonyl (C=O) groups is 1. The van der Waals surface area contributed by atoms with E-state index in [1.54, 1.807) is 7.11 Å². The quantitative estimate of drug-likeness (QED) is 0.684. The van der Waals surface area contributed by atoms with Gasteiger partial charge in [-0.05, 0) is 18.4 Å². The lowest BCUT2D eigenvalue weighted by atomic mass is 10.1. The summed E-state index contributed by atoms with van der Waals surface area (Å²) in [5, 5.41) is 12.5. The van der Waals surface area contributed by atoms with Gasteiger partial charge in [0.05, 0.1) is 12.4 Å². The molecule has 1 aromatic carbocycles. The van der Waals surface area contributed by atoms with Gasteiger partial charge in [0.25, 0.3) is 0 Å². The lowest BCUT2D eigenvalue weighted by Gasteiger charge is -2.12. The summed E-state index contributed by atoms with van der Waals surface area (Å²) >= 11 is 1.44. The highest BCUT2D eigenvalue weighted by Gasteiger charge is 2.19. The number of rotatable bonds is 9. The Balaban J connectivity index is 1.62. The lowest BCUT2D eigenvalue weighted by Crippen LogP contribution is -2.33. The first-order valence-electron chi connectivity index (χ1n) is 9.13. The van der Waals surface area contributed by atoms with E-state index in [1.165, 1.54) is 30.2 Å². The van der Waals surface area contributed by atoms with Gasteiger partial charge in [0.1, 0.15) is 5.82 Å². The molecule has 7 heteroatoms.